The van der Waals surface area contributed by atoms with E-state index in [1.165, 1.54) is 5.56 Å². The van der Waals surface area contributed by atoms with E-state index in [9.17, 15) is 8.78 Å². The van der Waals surface area contributed by atoms with Gasteiger partial charge in [0.05, 0.1) is 23.0 Å². The lowest BCUT2D eigenvalue weighted by Crippen LogP contribution is -1.98. The summed E-state index contributed by atoms with van der Waals surface area (Å²) in [5.74, 6) is -0.320. The number of aryl methyl sites for hydroxylation is 1. The van der Waals surface area contributed by atoms with Gasteiger partial charge in [-0.1, -0.05) is 23.7 Å². The fourth-order valence-corrected chi connectivity index (χ4v) is 3.91. The van der Waals surface area contributed by atoms with Crippen LogP contribution in [0.1, 0.15) is 23.4 Å². The molecule has 1 aromatic heterocycles. The first kappa shape index (κ1) is 15.7. The molecule has 0 bridgehead atoms. The lowest BCUT2D eigenvalue weighted by Gasteiger charge is -2.11. The van der Waals surface area contributed by atoms with E-state index >= 15 is 0 Å². The van der Waals surface area contributed by atoms with Crippen LogP contribution < -0.4 is 0 Å². The second-order valence-electron chi connectivity index (χ2n) is 6.61. The summed E-state index contributed by atoms with van der Waals surface area (Å²) in [4.78, 5) is 8.93. The summed E-state index contributed by atoms with van der Waals surface area (Å²) in [6.07, 6.45) is 3.68. The Labute approximate surface area is 154 Å². The molecular weight excluding hydrogens is 356 g/mol. The van der Waals surface area contributed by atoms with Gasteiger partial charge in [-0.05, 0) is 35.7 Å². The molecule has 0 spiro atoms. The molecule has 3 nitrogen and oxygen atoms in total. The third kappa shape index (κ3) is 2.31. The van der Waals surface area contributed by atoms with E-state index in [2.05, 4.69) is 14.5 Å². The fraction of sp³-hybridized carbons (Fsp3) is 0.200. The zero-order chi connectivity index (χ0) is 17.8. The van der Waals surface area contributed by atoms with Crippen LogP contribution in [-0.4, -0.2) is 15.8 Å². The molecular formula is C20H14ClF2N3. The van der Waals surface area contributed by atoms with Gasteiger partial charge in [0.2, 0.25) is 0 Å². The van der Waals surface area contributed by atoms with Crippen molar-refractivity contribution in [1.29, 1.82) is 0 Å². The van der Waals surface area contributed by atoms with Gasteiger partial charge in [0.15, 0.2) is 0 Å². The van der Waals surface area contributed by atoms with Crippen molar-refractivity contribution in [2.45, 2.75) is 25.9 Å². The number of hydrogen-bond donors (Lipinski definition) is 0. The van der Waals surface area contributed by atoms with Crippen molar-refractivity contribution in [2.24, 2.45) is 4.99 Å². The Hall–Kier alpha value is -2.53. The minimum absolute atomic E-state index is 0.137. The van der Waals surface area contributed by atoms with Crippen LogP contribution in [0.2, 0.25) is 5.02 Å². The standard InChI is InChI=1S/C20H14ClF2N3/c21-15-8-16(22)14(7-17(15)23)19-20(26-5-1-2-18(26)25-19)11-3-4-12-9-24-10-13(12)6-11/h3-4,6-8,10H,1-2,5,9H2. The predicted octanol–water partition coefficient (Wildman–Crippen LogP) is 5.03. The van der Waals surface area contributed by atoms with Crippen molar-refractivity contribution >= 4 is 17.8 Å². The molecule has 26 heavy (non-hydrogen) atoms. The summed E-state index contributed by atoms with van der Waals surface area (Å²) >= 11 is 5.71. The maximum absolute atomic E-state index is 14.6. The first-order valence-electron chi connectivity index (χ1n) is 8.49. The van der Waals surface area contributed by atoms with Crippen molar-refractivity contribution < 1.29 is 8.78 Å². The van der Waals surface area contributed by atoms with Crippen LogP contribution in [0.5, 0.6) is 0 Å². The largest absolute Gasteiger partial charge is 0.327 e. The zero-order valence-electron chi connectivity index (χ0n) is 13.8. The highest BCUT2D eigenvalue weighted by Gasteiger charge is 2.26. The number of aliphatic imine (C=N–C) groups is 1. The Kier molecular flexibility index (Phi) is 3.47. The molecule has 130 valence electrons. The molecule has 0 atom stereocenters. The van der Waals surface area contributed by atoms with Crippen molar-refractivity contribution in [3.63, 3.8) is 0 Å². The first-order chi connectivity index (χ1) is 12.6. The molecule has 6 heteroatoms. The Balaban J connectivity index is 1.76. The Morgan fingerprint density at radius 1 is 1.08 bits per heavy atom. The third-order valence-corrected chi connectivity index (χ3v) is 5.29. The van der Waals surface area contributed by atoms with Crippen molar-refractivity contribution in [3.05, 3.63) is 63.9 Å². The molecule has 0 N–H and O–H groups in total. The molecule has 3 aromatic rings. The summed E-state index contributed by atoms with van der Waals surface area (Å²) in [6, 6.07) is 8.23. The molecule has 0 amide bonds. The van der Waals surface area contributed by atoms with Gasteiger partial charge in [-0.2, -0.15) is 0 Å². The number of imidazole rings is 1. The molecule has 2 aliphatic rings. The number of halogens is 3. The molecule has 0 aliphatic carbocycles. The van der Waals surface area contributed by atoms with Crippen molar-refractivity contribution in [3.8, 4) is 22.5 Å². The molecule has 0 unspecified atom stereocenters. The van der Waals surface area contributed by atoms with Gasteiger partial charge >= 0.3 is 0 Å². The maximum Gasteiger partial charge on any atom is 0.142 e. The SMILES string of the molecule is Fc1cc(-c2nc3n(c2-c2ccc4c(c2)C=NC4)CCC3)c(F)cc1Cl. The molecule has 0 saturated heterocycles. The minimum atomic E-state index is -0.650. The van der Waals surface area contributed by atoms with Crippen LogP contribution in [0.25, 0.3) is 22.5 Å². The van der Waals surface area contributed by atoms with Gasteiger partial charge in [0.25, 0.3) is 0 Å². The second kappa shape index (κ2) is 5.74. The molecule has 0 saturated carbocycles. The van der Waals surface area contributed by atoms with Crippen molar-refractivity contribution in [1.82, 2.24) is 9.55 Å². The Morgan fingerprint density at radius 3 is 2.85 bits per heavy atom. The molecule has 0 fully saturated rings. The minimum Gasteiger partial charge on any atom is -0.327 e. The fourth-order valence-electron chi connectivity index (χ4n) is 3.76. The Bertz CT molecular complexity index is 1090. The van der Waals surface area contributed by atoms with E-state index in [1.807, 2.05) is 24.4 Å². The van der Waals surface area contributed by atoms with Crippen LogP contribution >= 0.6 is 11.6 Å². The van der Waals surface area contributed by atoms with E-state index in [4.69, 9.17) is 11.6 Å². The van der Waals surface area contributed by atoms with Gasteiger partial charge in [0, 0.05) is 30.3 Å². The van der Waals surface area contributed by atoms with Gasteiger partial charge in [-0.25, -0.2) is 13.8 Å². The summed E-state index contributed by atoms with van der Waals surface area (Å²) < 4.78 is 30.7. The van der Waals surface area contributed by atoms with E-state index < -0.39 is 11.6 Å². The van der Waals surface area contributed by atoms with E-state index in [1.54, 1.807) is 0 Å². The number of nitrogens with zero attached hydrogens (tertiary/aromatic N) is 3. The molecule has 2 aromatic carbocycles. The molecule has 2 aliphatic heterocycles. The average Bonchev–Trinajstić information content (AvgIpc) is 3.32. The number of aromatic nitrogens is 2. The van der Waals surface area contributed by atoms with Crippen molar-refractivity contribution in [2.75, 3.05) is 0 Å². The van der Waals surface area contributed by atoms with Crippen LogP contribution in [-0.2, 0) is 19.5 Å². The van der Waals surface area contributed by atoms with Gasteiger partial charge < -0.3 is 4.57 Å². The highest BCUT2D eigenvalue weighted by molar-refractivity contribution is 6.30. The topological polar surface area (TPSA) is 30.2 Å². The Morgan fingerprint density at radius 2 is 1.96 bits per heavy atom. The normalized spacial score (nSPS) is 14.7. The highest BCUT2D eigenvalue weighted by atomic mass is 35.5. The van der Waals surface area contributed by atoms with E-state index in [-0.39, 0.29) is 10.6 Å². The first-order valence-corrected chi connectivity index (χ1v) is 8.87. The molecule has 5 rings (SSSR count). The van der Waals surface area contributed by atoms with Gasteiger partial charge in [0.1, 0.15) is 17.5 Å². The van der Waals surface area contributed by atoms with Crippen LogP contribution in [0.15, 0.2) is 35.3 Å². The smallest absolute Gasteiger partial charge is 0.142 e. The summed E-state index contributed by atoms with van der Waals surface area (Å²) in [5.41, 5.74) is 4.58. The lowest BCUT2D eigenvalue weighted by atomic mass is 10.00. The maximum atomic E-state index is 14.6. The van der Waals surface area contributed by atoms with Gasteiger partial charge in [-0.15, -0.1) is 0 Å². The monoisotopic (exact) mass is 369 g/mol. The number of benzene rings is 2. The third-order valence-electron chi connectivity index (χ3n) is 5.01. The quantitative estimate of drug-likeness (QED) is 0.583. The number of hydrogen-bond acceptors (Lipinski definition) is 2. The average molecular weight is 370 g/mol. The summed E-state index contributed by atoms with van der Waals surface area (Å²) in [7, 11) is 0. The van der Waals surface area contributed by atoms with E-state index in [0.29, 0.717) is 12.2 Å². The van der Waals surface area contributed by atoms with Gasteiger partial charge in [-0.3, -0.25) is 4.99 Å². The second-order valence-corrected chi connectivity index (χ2v) is 7.02. The number of rotatable bonds is 2. The lowest BCUT2D eigenvalue weighted by molar-refractivity contribution is 0.603. The number of fused-ring (bicyclic) bond motifs is 2. The summed E-state index contributed by atoms with van der Waals surface area (Å²) in [6.45, 7) is 1.50. The van der Waals surface area contributed by atoms with E-state index in [0.717, 1.165) is 54.2 Å². The summed E-state index contributed by atoms with van der Waals surface area (Å²) in [5, 5.41) is -0.228. The van der Waals surface area contributed by atoms with Crippen LogP contribution in [0.4, 0.5) is 8.78 Å². The predicted molar refractivity (Wildman–Crippen MR) is 97.6 cm³/mol. The highest BCUT2D eigenvalue weighted by Crippen LogP contribution is 2.38. The zero-order valence-corrected chi connectivity index (χ0v) is 14.5. The van der Waals surface area contributed by atoms with Crippen LogP contribution in [0, 0.1) is 11.6 Å². The molecule has 0 radical (unpaired) electrons. The van der Waals surface area contributed by atoms with Crippen LogP contribution in [0.3, 0.4) is 0 Å². The molecule has 3 heterocycles.